The molecule has 1 amide bonds. The quantitative estimate of drug-likeness (QED) is 0.594. The van der Waals surface area contributed by atoms with Crippen molar-refractivity contribution in [2.75, 3.05) is 26.5 Å². The van der Waals surface area contributed by atoms with Gasteiger partial charge in [0.05, 0.1) is 30.3 Å². The molecule has 3 atom stereocenters. The van der Waals surface area contributed by atoms with Gasteiger partial charge in [0.1, 0.15) is 24.2 Å². The number of carbonyl (C=O) groups is 1. The monoisotopic (exact) mass is 484 g/mol. The summed E-state index contributed by atoms with van der Waals surface area (Å²) < 4.78 is 83.7. The second-order valence-electron chi connectivity index (χ2n) is 8.70. The topological polar surface area (TPSA) is 60.9 Å². The molecule has 2 aromatic rings. The van der Waals surface area contributed by atoms with Crippen LogP contribution in [0.15, 0.2) is 42.6 Å². The maximum absolute atomic E-state index is 13.6. The lowest BCUT2D eigenvalue weighted by Gasteiger charge is -2.41. The van der Waals surface area contributed by atoms with Crippen LogP contribution in [0, 0.1) is 5.92 Å². The zero-order chi connectivity index (χ0) is 24.1. The van der Waals surface area contributed by atoms with Gasteiger partial charge in [-0.05, 0) is 30.3 Å². The summed E-state index contributed by atoms with van der Waals surface area (Å²) in [5, 5.41) is 0. The number of amides is 1. The molecule has 11 heteroatoms. The van der Waals surface area contributed by atoms with Crippen LogP contribution in [-0.4, -0.2) is 54.3 Å². The summed E-state index contributed by atoms with van der Waals surface area (Å²) in [6, 6.07) is 8.32. The molecule has 34 heavy (non-hydrogen) atoms. The molecule has 2 aliphatic heterocycles. The van der Waals surface area contributed by atoms with E-state index in [0.29, 0.717) is 18.2 Å². The number of benzene rings is 1. The highest BCUT2D eigenvalue weighted by Gasteiger charge is 2.57. The van der Waals surface area contributed by atoms with Gasteiger partial charge in [-0.2, -0.15) is 13.2 Å². The molecule has 1 aromatic heterocycles. The van der Waals surface area contributed by atoms with E-state index in [1.807, 2.05) is 12.1 Å². The molecule has 0 radical (unpaired) electrons. The van der Waals surface area contributed by atoms with Crippen molar-refractivity contribution in [1.82, 2.24) is 9.88 Å². The van der Waals surface area contributed by atoms with Crippen LogP contribution in [0.1, 0.15) is 34.5 Å². The van der Waals surface area contributed by atoms with Crippen LogP contribution in [0.25, 0.3) is 0 Å². The highest BCUT2D eigenvalue weighted by molar-refractivity contribution is 5.94. The number of nitrogens with zero attached hydrogens (tertiary/aromatic N) is 2. The summed E-state index contributed by atoms with van der Waals surface area (Å²) in [6.07, 6.45) is -3.76. The number of rotatable bonds is 5. The summed E-state index contributed by atoms with van der Waals surface area (Å²) >= 11 is 0. The molecule has 3 heterocycles. The van der Waals surface area contributed by atoms with Gasteiger partial charge in [0, 0.05) is 31.1 Å². The maximum atomic E-state index is 13.6. The predicted molar refractivity (Wildman–Crippen MR) is 107 cm³/mol. The molecular formula is C23H21F5N2O4. The van der Waals surface area contributed by atoms with E-state index >= 15 is 0 Å². The van der Waals surface area contributed by atoms with Crippen molar-refractivity contribution in [1.29, 1.82) is 0 Å². The van der Waals surface area contributed by atoms with Gasteiger partial charge in [0.25, 0.3) is 11.8 Å². The zero-order valence-electron chi connectivity index (χ0n) is 17.9. The third-order valence-electron chi connectivity index (χ3n) is 6.56. The highest BCUT2D eigenvalue weighted by atomic mass is 19.4. The number of halogens is 5. The van der Waals surface area contributed by atoms with E-state index in [4.69, 9.17) is 14.2 Å². The fraction of sp³-hybridized carbons (Fsp3) is 0.478. The van der Waals surface area contributed by atoms with Crippen LogP contribution < -0.4 is 4.74 Å². The average molecular weight is 484 g/mol. The van der Waals surface area contributed by atoms with Crippen molar-refractivity contribution in [2.45, 2.75) is 36.6 Å². The maximum Gasteiger partial charge on any atom is 0.419 e. The summed E-state index contributed by atoms with van der Waals surface area (Å²) in [5.41, 5.74) is -1.51. The van der Waals surface area contributed by atoms with Gasteiger partial charge in [-0.15, -0.1) is 0 Å². The van der Waals surface area contributed by atoms with Gasteiger partial charge in [-0.1, -0.05) is 6.07 Å². The largest absolute Gasteiger partial charge is 0.492 e. The number of alkyl halides is 5. The van der Waals surface area contributed by atoms with Crippen molar-refractivity contribution in [3.05, 3.63) is 59.4 Å². The number of hydrogen-bond donors (Lipinski definition) is 0. The number of pyridine rings is 1. The Balaban J connectivity index is 1.34. The molecule has 0 spiro atoms. The van der Waals surface area contributed by atoms with E-state index in [0.717, 1.165) is 6.07 Å². The Kier molecular flexibility index (Phi) is 5.51. The summed E-state index contributed by atoms with van der Waals surface area (Å²) in [7, 11) is 0. The van der Waals surface area contributed by atoms with Crippen molar-refractivity contribution >= 4 is 5.91 Å². The third kappa shape index (κ3) is 4.11. The van der Waals surface area contributed by atoms with Crippen molar-refractivity contribution in [3.63, 3.8) is 0 Å². The van der Waals surface area contributed by atoms with E-state index in [2.05, 4.69) is 4.98 Å². The van der Waals surface area contributed by atoms with Crippen LogP contribution in [-0.2, 0) is 21.3 Å². The number of fused-ring (bicyclic) bond motifs is 1. The Morgan fingerprint density at radius 3 is 2.71 bits per heavy atom. The van der Waals surface area contributed by atoms with E-state index in [1.165, 1.54) is 11.0 Å². The summed E-state index contributed by atoms with van der Waals surface area (Å²) in [4.78, 5) is 18.9. The van der Waals surface area contributed by atoms with Gasteiger partial charge in [0.15, 0.2) is 0 Å². The van der Waals surface area contributed by atoms with Gasteiger partial charge < -0.3 is 19.1 Å². The Hall–Kier alpha value is -2.79. The van der Waals surface area contributed by atoms with E-state index in [1.54, 1.807) is 12.3 Å². The average Bonchev–Trinajstić information content (AvgIpc) is 3.22. The molecule has 6 nitrogen and oxygen atoms in total. The van der Waals surface area contributed by atoms with Crippen molar-refractivity contribution in [2.24, 2.45) is 5.92 Å². The third-order valence-corrected chi connectivity index (χ3v) is 6.56. The minimum atomic E-state index is -4.82. The van der Waals surface area contributed by atoms with Gasteiger partial charge >= 0.3 is 6.18 Å². The molecular weight excluding hydrogens is 463 g/mol. The molecule has 3 unspecified atom stereocenters. The van der Waals surface area contributed by atoms with Crippen LogP contribution in [0.2, 0.25) is 0 Å². The molecule has 1 aliphatic carbocycles. The number of piperidine rings is 1. The first-order valence-corrected chi connectivity index (χ1v) is 10.8. The lowest BCUT2D eigenvalue weighted by molar-refractivity contribution is -0.139. The van der Waals surface area contributed by atoms with Crippen LogP contribution in [0.4, 0.5) is 22.0 Å². The highest BCUT2D eigenvalue weighted by Crippen LogP contribution is 2.49. The number of ether oxygens (including phenoxy) is 3. The van der Waals surface area contributed by atoms with Gasteiger partial charge in [-0.25, -0.2) is 8.78 Å². The Bertz CT molecular complexity index is 1080. The number of aromatic nitrogens is 1. The van der Waals surface area contributed by atoms with Gasteiger partial charge in [-0.3, -0.25) is 9.78 Å². The van der Waals surface area contributed by atoms with Crippen LogP contribution in [0.5, 0.6) is 5.75 Å². The van der Waals surface area contributed by atoms with E-state index in [-0.39, 0.29) is 25.4 Å². The molecule has 1 aromatic carbocycles. The number of likely N-dealkylation sites (tertiary alicyclic amines) is 1. The smallest absolute Gasteiger partial charge is 0.419 e. The van der Waals surface area contributed by atoms with Crippen LogP contribution in [0.3, 0.4) is 0 Å². The van der Waals surface area contributed by atoms with Crippen molar-refractivity contribution in [3.8, 4) is 5.75 Å². The molecule has 2 saturated heterocycles. The van der Waals surface area contributed by atoms with E-state index < -0.39 is 60.0 Å². The predicted octanol–water partition coefficient (Wildman–Crippen LogP) is 4.25. The first-order valence-electron chi connectivity index (χ1n) is 10.8. The molecule has 182 valence electrons. The molecule has 3 fully saturated rings. The Morgan fingerprint density at radius 1 is 1.24 bits per heavy atom. The Morgan fingerprint density at radius 2 is 2.03 bits per heavy atom. The lowest BCUT2D eigenvalue weighted by Crippen LogP contribution is -2.53. The van der Waals surface area contributed by atoms with Crippen LogP contribution >= 0.6 is 0 Å². The molecule has 0 N–H and O–H groups in total. The molecule has 5 rings (SSSR count). The summed E-state index contributed by atoms with van der Waals surface area (Å²) in [6.45, 7) is -0.158. The second-order valence-corrected chi connectivity index (χ2v) is 8.70. The minimum absolute atomic E-state index is 0.0214. The first kappa shape index (κ1) is 23.0. The number of carbonyl (C=O) groups excluding carboxylic acids is 1. The minimum Gasteiger partial charge on any atom is -0.492 e. The van der Waals surface area contributed by atoms with E-state index in [9.17, 15) is 26.7 Å². The molecule has 0 bridgehead atoms. The second kappa shape index (κ2) is 8.16. The fourth-order valence-electron chi connectivity index (χ4n) is 4.47. The number of hydrogen-bond acceptors (Lipinski definition) is 5. The molecule has 3 aliphatic rings. The van der Waals surface area contributed by atoms with Crippen molar-refractivity contribution < 1.29 is 41.0 Å². The standard InChI is InChI=1S/C23H21F5N2O4/c24-22(25)10-15(22)12-32-17-5-4-14(9-16(17)23(26,27)28)20(31)30-8-6-21(18-3-1-2-7-29-18)19(11-30)33-13-34-21/h1-5,7,9,15,19H,6,8,10-13H2. The molecule has 1 saturated carbocycles. The SMILES string of the molecule is O=C(c1ccc(OCC2CC2(F)F)c(C(F)(F)F)c1)N1CCC2(c3ccccn3)OCOC2C1. The summed E-state index contributed by atoms with van der Waals surface area (Å²) in [5.74, 6) is -5.18. The lowest BCUT2D eigenvalue weighted by atomic mass is 9.85. The normalized spacial score (nSPS) is 27.9. The Labute approximate surface area is 191 Å². The van der Waals surface area contributed by atoms with Gasteiger partial charge in [0.2, 0.25) is 0 Å². The zero-order valence-corrected chi connectivity index (χ0v) is 17.9. The fourth-order valence-corrected chi connectivity index (χ4v) is 4.47. The first-order chi connectivity index (χ1) is 16.1.